The maximum atomic E-state index is 14.6. The summed E-state index contributed by atoms with van der Waals surface area (Å²) in [5, 5.41) is 2.97. The molecule has 1 N–H and O–H groups in total. The lowest BCUT2D eigenvalue weighted by molar-refractivity contribution is -0.141. The Morgan fingerprint density at radius 3 is 2.24 bits per heavy atom. The lowest BCUT2D eigenvalue weighted by Crippen LogP contribution is -2.51. The number of benzene rings is 3. The molecule has 38 heavy (non-hydrogen) atoms. The summed E-state index contributed by atoms with van der Waals surface area (Å²) in [6, 6.07) is 22.4. The molecular weight excluding hydrogens is 483 g/mol. The number of rotatable bonds is 14. The molecule has 0 fully saturated rings. The average Bonchev–Trinajstić information content (AvgIpc) is 2.93. The van der Waals surface area contributed by atoms with Gasteiger partial charge in [-0.3, -0.25) is 9.59 Å². The smallest absolute Gasteiger partial charge is 0.243 e. The van der Waals surface area contributed by atoms with Gasteiger partial charge in [0.05, 0.1) is 13.7 Å². The molecular formula is C31H37FN2O4. The summed E-state index contributed by atoms with van der Waals surface area (Å²) in [5.41, 5.74) is 1.29. The summed E-state index contributed by atoms with van der Waals surface area (Å²) in [6.45, 7) is 4.84. The van der Waals surface area contributed by atoms with E-state index in [0.717, 1.165) is 11.3 Å². The van der Waals surface area contributed by atoms with Crippen molar-refractivity contribution in [1.82, 2.24) is 10.2 Å². The van der Waals surface area contributed by atoms with Gasteiger partial charge in [0.2, 0.25) is 11.8 Å². The van der Waals surface area contributed by atoms with Gasteiger partial charge in [0.25, 0.3) is 0 Å². The third-order valence-corrected chi connectivity index (χ3v) is 6.12. The second kappa shape index (κ2) is 14.8. The minimum Gasteiger partial charge on any atom is -0.497 e. The molecule has 3 aromatic rings. The highest BCUT2D eigenvalue weighted by atomic mass is 19.1. The molecule has 2 amide bonds. The molecule has 0 aliphatic heterocycles. The summed E-state index contributed by atoms with van der Waals surface area (Å²) in [4.78, 5) is 28.5. The van der Waals surface area contributed by atoms with E-state index in [0.29, 0.717) is 37.3 Å². The molecule has 1 atom stereocenters. The Balaban J connectivity index is 1.77. The SMILES string of the molecule is COc1ccc(OCCCC(=O)N(Cc2ccccc2F)C(Cc2ccccc2)C(=O)NCC(C)C)cc1. The molecule has 0 aliphatic rings. The van der Waals surface area contributed by atoms with Crippen LogP contribution >= 0.6 is 0 Å². The number of nitrogens with zero attached hydrogens (tertiary/aromatic N) is 1. The van der Waals surface area contributed by atoms with Gasteiger partial charge in [0, 0.05) is 31.5 Å². The van der Waals surface area contributed by atoms with Gasteiger partial charge in [-0.05, 0) is 48.2 Å². The lowest BCUT2D eigenvalue weighted by atomic mass is 10.0. The number of hydrogen-bond donors (Lipinski definition) is 1. The molecule has 0 radical (unpaired) electrons. The Morgan fingerprint density at radius 1 is 0.921 bits per heavy atom. The molecule has 3 rings (SSSR count). The van der Waals surface area contributed by atoms with Crippen molar-refractivity contribution in [2.45, 2.75) is 45.7 Å². The highest BCUT2D eigenvalue weighted by molar-refractivity contribution is 5.88. The molecule has 0 bridgehead atoms. The van der Waals surface area contributed by atoms with Gasteiger partial charge in [0.15, 0.2) is 0 Å². The molecule has 0 aromatic heterocycles. The van der Waals surface area contributed by atoms with E-state index in [1.807, 2.05) is 44.2 Å². The van der Waals surface area contributed by atoms with Gasteiger partial charge < -0.3 is 19.7 Å². The summed E-state index contributed by atoms with van der Waals surface area (Å²) >= 11 is 0. The monoisotopic (exact) mass is 520 g/mol. The molecule has 0 saturated carbocycles. The number of carbonyl (C=O) groups excluding carboxylic acids is 2. The predicted octanol–water partition coefficient (Wildman–Crippen LogP) is 5.41. The zero-order valence-electron chi connectivity index (χ0n) is 22.4. The van der Waals surface area contributed by atoms with Crippen molar-refractivity contribution in [3.8, 4) is 11.5 Å². The topological polar surface area (TPSA) is 67.9 Å². The standard InChI is InChI=1S/C31H37FN2O4/c1-23(2)21-33-31(36)29(20-24-10-5-4-6-11-24)34(22-25-12-7-8-13-28(25)32)30(35)14-9-19-38-27-17-15-26(37-3)16-18-27/h4-8,10-13,15-18,23,29H,9,14,19-22H2,1-3H3,(H,33,36). The third-order valence-electron chi connectivity index (χ3n) is 6.12. The van der Waals surface area contributed by atoms with E-state index in [1.165, 1.54) is 11.0 Å². The number of ether oxygens (including phenoxy) is 2. The van der Waals surface area contributed by atoms with Crippen LogP contribution in [0.5, 0.6) is 11.5 Å². The fourth-order valence-electron chi connectivity index (χ4n) is 4.02. The minimum absolute atomic E-state index is 0.00254. The molecule has 0 saturated heterocycles. The zero-order chi connectivity index (χ0) is 27.3. The number of nitrogens with one attached hydrogen (secondary N) is 1. The van der Waals surface area contributed by atoms with Gasteiger partial charge >= 0.3 is 0 Å². The largest absolute Gasteiger partial charge is 0.497 e. The second-order valence-corrected chi connectivity index (χ2v) is 9.59. The first kappa shape index (κ1) is 28.7. The van der Waals surface area contributed by atoms with E-state index in [9.17, 15) is 14.0 Å². The van der Waals surface area contributed by atoms with Crippen LogP contribution in [0, 0.1) is 11.7 Å². The maximum absolute atomic E-state index is 14.6. The van der Waals surface area contributed by atoms with Crippen molar-refractivity contribution >= 4 is 11.8 Å². The minimum atomic E-state index is -0.786. The van der Waals surface area contributed by atoms with Crippen LogP contribution in [0.1, 0.15) is 37.8 Å². The fourth-order valence-corrected chi connectivity index (χ4v) is 4.02. The Bertz CT molecular complexity index is 1150. The zero-order valence-corrected chi connectivity index (χ0v) is 22.4. The first-order chi connectivity index (χ1) is 18.4. The average molecular weight is 521 g/mol. The van der Waals surface area contributed by atoms with Crippen LogP contribution in [0.2, 0.25) is 0 Å². The van der Waals surface area contributed by atoms with Crippen LogP contribution in [0.25, 0.3) is 0 Å². The van der Waals surface area contributed by atoms with Crippen molar-refractivity contribution < 1.29 is 23.5 Å². The number of methoxy groups -OCH3 is 1. The number of carbonyl (C=O) groups is 2. The van der Waals surface area contributed by atoms with Crippen LogP contribution in [0.4, 0.5) is 4.39 Å². The van der Waals surface area contributed by atoms with Crippen LogP contribution in [-0.4, -0.2) is 43.0 Å². The first-order valence-corrected chi connectivity index (χ1v) is 13.0. The van der Waals surface area contributed by atoms with Crippen molar-refractivity contribution in [2.75, 3.05) is 20.3 Å². The van der Waals surface area contributed by atoms with Crippen LogP contribution in [0.3, 0.4) is 0 Å². The second-order valence-electron chi connectivity index (χ2n) is 9.59. The van der Waals surface area contributed by atoms with Gasteiger partial charge in [-0.1, -0.05) is 62.4 Å². The van der Waals surface area contributed by atoms with Crippen molar-refractivity contribution in [1.29, 1.82) is 0 Å². The van der Waals surface area contributed by atoms with Crippen LogP contribution in [0.15, 0.2) is 78.9 Å². The molecule has 0 heterocycles. The molecule has 202 valence electrons. The van der Waals surface area contributed by atoms with Crippen molar-refractivity contribution in [2.24, 2.45) is 5.92 Å². The van der Waals surface area contributed by atoms with E-state index >= 15 is 0 Å². The molecule has 1 unspecified atom stereocenters. The van der Waals surface area contributed by atoms with Gasteiger partial charge in [0.1, 0.15) is 23.4 Å². The molecule has 0 aliphatic carbocycles. The quantitative estimate of drug-likeness (QED) is 0.289. The Labute approximate surface area is 224 Å². The number of halogens is 1. The van der Waals surface area contributed by atoms with Crippen LogP contribution in [-0.2, 0) is 22.6 Å². The molecule has 0 spiro atoms. The fraction of sp³-hybridized carbons (Fsp3) is 0.355. The highest BCUT2D eigenvalue weighted by Crippen LogP contribution is 2.20. The van der Waals surface area contributed by atoms with E-state index in [1.54, 1.807) is 49.6 Å². The molecule has 7 heteroatoms. The van der Waals surface area contributed by atoms with E-state index in [2.05, 4.69) is 5.32 Å². The van der Waals surface area contributed by atoms with Crippen molar-refractivity contribution in [3.63, 3.8) is 0 Å². The number of hydrogen-bond acceptors (Lipinski definition) is 4. The van der Waals surface area contributed by atoms with Crippen molar-refractivity contribution in [3.05, 3.63) is 95.8 Å². The maximum Gasteiger partial charge on any atom is 0.243 e. The molecule has 6 nitrogen and oxygen atoms in total. The van der Waals surface area contributed by atoms with E-state index < -0.39 is 11.9 Å². The predicted molar refractivity (Wildman–Crippen MR) is 146 cm³/mol. The van der Waals surface area contributed by atoms with E-state index in [4.69, 9.17) is 9.47 Å². The summed E-state index contributed by atoms with van der Waals surface area (Å²) < 4.78 is 25.6. The highest BCUT2D eigenvalue weighted by Gasteiger charge is 2.30. The Kier molecular flexibility index (Phi) is 11.1. The third kappa shape index (κ3) is 8.91. The first-order valence-electron chi connectivity index (χ1n) is 13.0. The number of amides is 2. The summed E-state index contributed by atoms with van der Waals surface area (Å²) in [7, 11) is 1.60. The van der Waals surface area contributed by atoms with Crippen LogP contribution < -0.4 is 14.8 Å². The summed E-state index contributed by atoms with van der Waals surface area (Å²) in [6.07, 6.45) is 0.935. The Hall–Kier alpha value is -3.87. The lowest BCUT2D eigenvalue weighted by Gasteiger charge is -2.32. The Morgan fingerprint density at radius 2 is 1.58 bits per heavy atom. The summed E-state index contributed by atoms with van der Waals surface area (Å²) in [5.74, 6) is 0.776. The molecule has 3 aromatic carbocycles. The van der Waals surface area contributed by atoms with E-state index in [-0.39, 0.29) is 30.7 Å². The van der Waals surface area contributed by atoms with Gasteiger partial charge in [-0.15, -0.1) is 0 Å². The van der Waals surface area contributed by atoms with Gasteiger partial charge in [-0.25, -0.2) is 4.39 Å². The normalized spacial score (nSPS) is 11.6. The van der Waals surface area contributed by atoms with Gasteiger partial charge in [-0.2, -0.15) is 0 Å².